The fraction of sp³-hybridized carbons (Fsp3) is 0.364. The number of halogens is 1. The van der Waals surface area contributed by atoms with Crippen LogP contribution in [-0.2, 0) is 14.3 Å². The first-order valence-electron chi connectivity index (χ1n) is 5.17. The second-order valence-electron chi connectivity index (χ2n) is 3.42. The fourth-order valence-electron chi connectivity index (χ4n) is 1.55. The third kappa shape index (κ3) is 2.63. The Morgan fingerprint density at radius 1 is 1.59 bits per heavy atom. The minimum Gasteiger partial charge on any atom is -0.473 e. The van der Waals surface area contributed by atoms with Crippen molar-refractivity contribution in [1.82, 2.24) is 4.98 Å². The molecule has 0 fully saturated rings. The van der Waals surface area contributed by atoms with Gasteiger partial charge in [-0.15, -0.1) is 0 Å². The van der Waals surface area contributed by atoms with Gasteiger partial charge in [0.1, 0.15) is 4.60 Å². The molecule has 0 amide bonds. The van der Waals surface area contributed by atoms with Crippen LogP contribution in [0.25, 0.3) is 0 Å². The molecule has 1 aromatic rings. The van der Waals surface area contributed by atoms with Crippen molar-refractivity contribution < 1.29 is 14.3 Å². The lowest BCUT2D eigenvalue weighted by Gasteiger charge is -2.15. The van der Waals surface area contributed by atoms with E-state index < -0.39 is 12.1 Å². The third-order valence-corrected chi connectivity index (χ3v) is 2.79. The molecule has 0 N–H and O–H groups in total. The van der Waals surface area contributed by atoms with Crippen molar-refractivity contribution in [1.29, 1.82) is 0 Å². The number of ether oxygens (including phenoxy) is 2. The smallest absolute Gasteiger partial charge is 0.335 e. The van der Waals surface area contributed by atoms with Gasteiger partial charge >= 0.3 is 5.97 Å². The molecule has 17 heavy (non-hydrogen) atoms. The first-order chi connectivity index (χ1) is 8.22. The SMILES string of the molecule is CCOC(=O)[C@@H]1N=CO[C@H]1c1ccc(Br)nc1. The molecule has 1 aliphatic heterocycles. The lowest BCUT2D eigenvalue weighted by molar-refractivity contribution is -0.146. The lowest BCUT2D eigenvalue weighted by Crippen LogP contribution is -2.26. The molecule has 90 valence electrons. The largest absolute Gasteiger partial charge is 0.473 e. The summed E-state index contributed by atoms with van der Waals surface area (Å²) in [5, 5.41) is 0. The van der Waals surface area contributed by atoms with Crippen LogP contribution < -0.4 is 0 Å². The molecule has 0 spiro atoms. The van der Waals surface area contributed by atoms with Crippen LogP contribution in [0.4, 0.5) is 0 Å². The molecule has 0 bridgehead atoms. The number of aromatic nitrogens is 1. The zero-order chi connectivity index (χ0) is 12.3. The maximum absolute atomic E-state index is 11.7. The van der Waals surface area contributed by atoms with Gasteiger partial charge in [0.15, 0.2) is 18.5 Å². The molecule has 2 heterocycles. The maximum Gasteiger partial charge on any atom is 0.335 e. The molecular formula is C11H11BrN2O3. The Morgan fingerprint density at radius 2 is 2.41 bits per heavy atom. The summed E-state index contributed by atoms with van der Waals surface area (Å²) in [6.07, 6.45) is 2.49. The first-order valence-corrected chi connectivity index (χ1v) is 5.97. The van der Waals surface area contributed by atoms with Gasteiger partial charge in [0.05, 0.1) is 6.61 Å². The van der Waals surface area contributed by atoms with Crippen molar-refractivity contribution in [3.05, 3.63) is 28.5 Å². The minimum atomic E-state index is -0.641. The zero-order valence-corrected chi connectivity index (χ0v) is 10.8. The van der Waals surface area contributed by atoms with Crippen LogP contribution in [-0.4, -0.2) is 30.0 Å². The monoisotopic (exact) mass is 298 g/mol. The highest BCUT2D eigenvalue weighted by atomic mass is 79.9. The van der Waals surface area contributed by atoms with Gasteiger partial charge in [0.2, 0.25) is 0 Å². The average molecular weight is 299 g/mol. The Bertz CT molecular complexity index is 433. The number of esters is 1. The number of rotatable bonds is 3. The summed E-state index contributed by atoms with van der Waals surface area (Å²) >= 11 is 3.25. The molecule has 5 nitrogen and oxygen atoms in total. The Labute approximate surface area is 107 Å². The van der Waals surface area contributed by atoms with Crippen LogP contribution in [0, 0.1) is 0 Å². The van der Waals surface area contributed by atoms with Gasteiger partial charge in [-0.1, -0.05) is 6.07 Å². The quantitative estimate of drug-likeness (QED) is 0.631. The van der Waals surface area contributed by atoms with Gasteiger partial charge in [0.25, 0.3) is 0 Å². The van der Waals surface area contributed by atoms with Crippen LogP contribution in [0.5, 0.6) is 0 Å². The number of hydrogen-bond donors (Lipinski definition) is 0. The summed E-state index contributed by atoms with van der Waals surface area (Å²) in [5.74, 6) is -0.380. The fourth-order valence-corrected chi connectivity index (χ4v) is 1.78. The standard InChI is InChI=1S/C11H11BrN2O3/c1-2-16-11(15)9-10(17-6-14-9)7-3-4-8(12)13-5-7/h3-6,9-10H,2H2,1H3/t9-,10+/m1/s1. The zero-order valence-electron chi connectivity index (χ0n) is 9.17. The van der Waals surface area contributed by atoms with E-state index in [2.05, 4.69) is 25.9 Å². The second-order valence-corrected chi connectivity index (χ2v) is 4.23. The van der Waals surface area contributed by atoms with Crippen LogP contribution >= 0.6 is 15.9 Å². The average Bonchev–Trinajstić information content (AvgIpc) is 2.79. The van der Waals surface area contributed by atoms with E-state index in [1.54, 1.807) is 19.2 Å². The summed E-state index contributed by atoms with van der Waals surface area (Å²) in [6, 6.07) is 2.99. The number of hydrogen-bond acceptors (Lipinski definition) is 5. The predicted octanol–water partition coefficient (Wildman–Crippen LogP) is 1.88. The summed E-state index contributed by atoms with van der Waals surface area (Å²) in [7, 11) is 0. The summed E-state index contributed by atoms with van der Waals surface area (Å²) in [5.41, 5.74) is 0.795. The Morgan fingerprint density at radius 3 is 3.06 bits per heavy atom. The number of carbonyl (C=O) groups is 1. The van der Waals surface area contributed by atoms with Crippen molar-refractivity contribution in [2.75, 3.05) is 6.61 Å². The van der Waals surface area contributed by atoms with Crippen LogP contribution in [0.2, 0.25) is 0 Å². The van der Waals surface area contributed by atoms with Crippen molar-refractivity contribution in [2.24, 2.45) is 4.99 Å². The van der Waals surface area contributed by atoms with Gasteiger partial charge in [0, 0.05) is 11.8 Å². The number of aliphatic imine (C=N–C) groups is 1. The van der Waals surface area contributed by atoms with Crippen LogP contribution in [0.1, 0.15) is 18.6 Å². The molecule has 0 radical (unpaired) electrons. The normalized spacial score (nSPS) is 22.2. The predicted molar refractivity (Wildman–Crippen MR) is 64.7 cm³/mol. The van der Waals surface area contributed by atoms with Gasteiger partial charge in [-0.2, -0.15) is 0 Å². The molecule has 2 rings (SSSR count). The van der Waals surface area contributed by atoms with Gasteiger partial charge in [-0.05, 0) is 28.9 Å². The highest BCUT2D eigenvalue weighted by molar-refractivity contribution is 9.10. The van der Waals surface area contributed by atoms with E-state index in [9.17, 15) is 4.79 Å². The molecular weight excluding hydrogens is 288 g/mol. The van der Waals surface area contributed by atoms with Crippen molar-refractivity contribution in [2.45, 2.75) is 19.1 Å². The first kappa shape index (κ1) is 12.0. The molecule has 1 aliphatic rings. The van der Waals surface area contributed by atoms with E-state index in [1.165, 1.54) is 6.40 Å². The summed E-state index contributed by atoms with van der Waals surface area (Å²) in [4.78, 5) is 19.7. The lowest BCUT2D eigenvalue weighted by atomic mass is 10.1. The van der Waals surface area contributed by atoms with Crippen LogP contribution in [0.3, 0.4) is 0 Å². The molecule has 0 saturated carbocycles. The molecule has 6 heteroatoms. The van der Waals surface area contributed by atoms with E-state index in [0.29, 0.717) is 6.61 Å². The minimum absolute atomic E-state index is 0.330. The summed E-state index contributed by atoms with van der Waals surface area (Å²) in [6.45, 7) is 2.09. The van der Waals surface area contributed by atoms with Crippen molar-refractivity contribution >= 4 is 28.3 Å². The molecule has 0 unspecified atom stereocenters. The van der Waals surface area contributed by atoms with E-state index in [4.69, 9.17) is 9.47 Å². The molecule has 1 aromatic heterocycles. The molecule has 0 aromatic carbocycles. The number of pyridine rings is 1. The van der Waals surface area contributed by atoms with Crippen LogP contribution in [0.15, 0.2) is 27.9 Å². The van der Waals surface area contributed by atoms with E-state index in [1.807, 2.05) is 6.07 Å². The molecule has 2 atom stereocenters. The van der Waals surface area contributed by atoms with Gasteiger partial charge < -0.3 is 9.47 Å². The number of carbonyl (C=O) groups excluding carboxylic acids is 1. The maximum atomic E-state index is 11.7. The van der Waals surface area contributed by atoms with Crippen molar-refractivity contribution in [3.63, 3.8) is 0 Å². The summed E-state index contributed by atoms with van der Waals surface area (Å²) < 4.78 is 11.0. The highest BCUT2D eigenvalue weighted by Gasteiger charge is 2.35. The third-order valence-electron chi connectivity index (χ3n) is 2.32. The number of nitrogens with zero attached hydrogens (tertiary/aromatic N) is 2. The Kier molecular flexibility index (Phi) is 3.73. The molecule has 0 saturated heterocycles. The van der Waals surface area contributed by atoms with E-state index >= 15 is 0 Å². The Balaban J connectivity index is 2.15. The Hall–Kier alpha value is -1.43. The van der Waals surface area contributed by atoms with Gasteiger partial charge in [-0.3, -0.25) is 0 Å². The highest BCUT2D eigenvalue weighted by Crippen LogP contribution is 2.27. The topological polar surface area (TPSA) is 60.8 Å². The molecule has 0 aliphatic carbocycles. The van der Waals surface area contributed by atoms with Gasteiger partial charge in [-0.25, -0.2) is 14.8 Å². The van der Waals surface area contributed by atoms with E-state index in [-0.39, 0.29) is 5.97 Å². The van der Waals surface area contributed by atoms with E-state index in [0.717, 1.165) is 10.2 Å². The van der Waals surface area contributed by atoms with Crippen molar-refractivity contribution in [3.8, 4) is 0 Å². The second kappa shape index (κ2) is 5.27.